The zero-order chi connectivity index (χ0) is 15.1. The maximum Gasteiger partial charge on any atom is 0.148 e. The zero-order valence-electron chi connectivity index (χ0n) is 11.3. The molecule has 1 aliphatic rings. The van der Waals surface area contributed by atoms with Gasteiger partial charge in [0.05, 0.1) is 23.7 Å². The fraction of sp³-hybridized carbons (Fsp3) is 0.462. The molecule has 1 saturated heterocycles. The van der Waals surface area contributed by atoms with Crippen molar-refractivity contribution in [2.75, 3.05) is 12.3 Å². The van der Waals surface area contributed by atoms with Crippen LogP contribution >= 0.6 is 0 Å². The highest BCUT2D eigenvalue weighted by atomic mass is 16.5. The van der Waals surface area contributed by atoms with E-state index in [2.05, 4.69) is 16.0 Å². The van der Waals surface area contributed by atoms with E-state index in [9.17, 15) is 15.5 Å². The van der Waals surface area contributed by atoms with Crippen molar-refractivity contribution in [3.8, 4) is 6.07 Å². The van der Waals surface area contributed by atoms with Crippen molar-refractivity contribution in [2.24, 2.45) is 5.92 Å². The van der Waals surface area contributed by atoms with E-state index in [1.165, 1.54) is 6.33 Å². The first-order chi connectivity index (χ1) is 10.1. The molecule has 0 aromatic carbocycles. The van der Waals surface area contributed by atoms with E-state index in [-0.39, 0.29) is 18.3 Å². The summed E-state index contributed by atoms with van der Waals surface area (Å²) in [7, 11) is 0. The Morgan fingerprint density at radius 1 is 1.52 bits per heavy atom. The third-order valence-corrected chi connectivity index (χ3v) is 3.90. The molecule has 0 radical (unpaired) electrons. The normalized spacial score (nSPS) is 28.9. The van der Waals surface area contributed by atoms with E-state index in [1.807, 2.05) is 6.92 Å². The Hall–Kier alpha value is -2.21. The number of rotatable bonds is 2. The van der Waals surface area contributed by atoms with E-state index >= 15 is 0 Å². The number of ether oxygens (including phenoxy) is 1. The predicted molar refractivity (Wildman–Crippen MR) is 72.8 cm³/mol. The maximum absolute atomic E-state index is 10.1. The SMILES string of the molecule is CC1C(O)C(CO)OC1n1cc(C#N)c2c(N)ncnc21. The van der Waals surface area contributed by atoms with E-state index in [0.717, 1.165) is 0 Å². The Morgan fingerprint density at radius 3 is 2.90 bits per heavy atom. The zero-order valence-corrected chi connectivity index (χ0v) is 11.3. The molecule has 2 aromatic heterocycles. The molecular weight excluding hydrogens is 274 g/mol. The second kappa shape index (κ2) is 4.96. The second-order valence-corrected chi connectivity index (χ2v) is 5.12. The van der Waals surface area contributed by atoms with Crippen LogP contribution in [-0.4, -0.2) is 43.6 Å². The summed E-state index contributed by atoms with van der Waals surface area (Å²) < 4.78 is 7.34. The number of anilines is 1. The molecule has 1 fully saturated rings. The number of aliphatic hydroxyl groups excluding tert-OH is 2. The highest BCUT2D eigenvalue weighted by Crippen LogP contribution is 2.37. The van der Waals surface area contributed by atoms with Crippen LogP contribution in [0.1, 0.15) is 18.7 Å². The second-order valence-electron chi connectivity index (χ2n) is 5.12. The van der Waals surface area contributed by atoms with Gasteiger partial charge in [-0.25, -0.2) is 9.97 Å². The van der Waals surface area contributed by atoms with Gasteiger partial charge in [0.2, 0.25) is 0 Å². The van der Waals surface area contributed by atoms with Gasteiger partial charge in [0.15, 0.2) is 0 Å². The number of fused-ring (bicyclic) bond motifs is 1. The average Bonchev–Trinajstić information content (AvgIpc) is 2.99. The lowest BCUT2D eigenvalue weighted by atomic mass is 10.0. The number of nitrogens with zero attached hydrogens (tertiary/aromatic N) is 4. The number of hydrogen-bond acceptors (Lipinski definition) is 7. The molecule has 4 atom stereocenters. The monoisotopic (exact) mass is 289 g/mol. The largest absolute Gasteiger partial charge is 0.394 e. The van der Waals surface area contributed by atoms with Gasteiger partial charge in [0.25, 0.3) is 0 Å². The van der Waals surface area contributed by atoms with Crippen LogP contribution in [0.15, 0.2) is 12.5 Å². The van der Waals surface area contributed by atoms with Crippen LogP contribution in [0.4, 0.5) is 5.82 Å². The standard InChI is InChI=1S/C13H15N5O3/c1-6-10(20)8(4-19)21-13(6)18-3-7(2-14)9-11(15)16-5-17-12(9)18/h3,5-6,8,10,13,19-20H,4H2,1H3,(H2,15,16,17). The van der Waals surface area contributed by atoms with Crippen LogP contribution in [0.3, 0.4) is 0 Å². The van der Waals surface area contributed by atoms with Crippen molar-refractivity contribution in [3.05, 3.63) is 18.1 Å². The van der Waals surface area contributed by atoms with E-state index < -0.39 is 18.4 Å². The number of nitrogen functional groups attached to an aromatic ring is 1. The molecule has 8 heteroatoms. The summed E-state index contributed by atoms with van der Waals surface area (Å²) in [6.45, 7) is 1.54. The molecule has 3 rings (SSSR count). The summed E-state index contributed by atoms with van der Waals surface area (Å²) in [6, 6.07) is 2.06. The first kappa shape index (κ1) is 13.8. The minimum absolute atomic E-state index is 0.222. The minimum atomic E-state index is -0.790. The van der Waals surface area contributed by atoms with Crippen LogP contribution in [0.25, 0.3) is 11.0 Å². The Morgan fingerprint density at radius 2 is 2.29 bits per heavy atom. The number of aromatic nitrogens is 3. The summed E-state index contributed by atoms with van der Waals surface area (Å²) in [6.07, 6.45) is 0.920. The topological polar surface area (TPSA) is 130 Å². The Balaban J connectivity index is 2.14. The first-order valence-electron chi connectivity index (χ1n) is 6.54. The summed E-state index contributed by atoms with van der Waals surface area (Å²) in [4.78, 5) is 8.06. The molecule has 0 aliphatic carbocycles. The van der Waals surface area contributed by atoms with Crippen molar-refractivity contribution in [1.29, 1.82) is 5.26 Å². The summed E-state index contributed by atoms with van der Waals surface area (Å²) >= 11 is 0. The van der Waals surface area contributed by atoms with E-state index in [0.29, 0.717) is 16.6 Å². The van der Waals surface area contributed by atoms with E-state index in [4.69, 9.17) is 10.5 Å². The summed E-state index contributed by atoms with van der Waals surface area (Å²) in [5.41, 5.74) is 6.64. The van der Waals surface area contributed by atoms with Crippen molar-refractivity contribution in [3.63, 3.8) is 0 Å². The number of aliphatic hydroxyl groups is 2. The van der Waals surface area contributed by atoms with Crippen molar-refractivity contribution >= 4 is 16.9 Å². The highest BCUT2D eigenvalue weighted by molar-refractivity contribution is 5.91. The lowest BCUT2D eigenvalue weighted by molar-refractivity contribution is -0.0445. The lowest BCUT2D eigenvalue weighted by Crippen LogP contribution is -2.28. The molecule has 2 aromatic rings. The summed E-state index contributed by atoms with van der Waals surface area (Å²) in [5.74, 6) is -0.0410. The van der Waals surface area contributed by atoms with Gasteiger partial charge < -0.3 is 25.3 Å². The third-order valence-electron chi connectivity index (χ3n) is 3.90. The fourth-order valence-corrected chi connectivity index (χ4v) is 2.75. The molecule has 4 N–H and O–H groups in total. The van der Waals surface area contributed by atoms with Crippen molar-refractivity contribution < 1.29 is 14.9 Å². The Bertz CT molecular complexity index is 722. The average molecular weight is 289 g/mol. The van der Waals surface area contributed by atoms with Gasteiger partial charge in [-0.2, -0.15) is 5.26 Å². The molecular formula is C13H15N5O3. The molecule has 3 heterocycles. The molecule has 1 aliphatic heterocycles. The fourth-order valence-electron chi connectivity index (χ4n) is 2.75. The van der Waals surface area contributed by atoms with E-state index in [1.54, 1.807) is 10.8 Å². The van der Waals surface area contributed by atoms with Gasteiger partial charge in [-0.15, -0.1) is 0 Å². The van der Waals surface area contributed by atoms with Gasteiger partial charge in [-0.05, 0) is 0 Å². The van der Waals surface area contributed by atoms with Gasteiger partial charge in [0.1, 0.15) is 36.2 Å². The number of nitriles is 1. The molecule has 0 bridgehead atoms. The minimum Gasteiger partial charge on any atom is -0.394 e. The molecule has 0 saturated carbocycles. The lowest BCUT2D eigenvalue weighted by Gasteiger charge is -2.18. The third kappa shape index (κ3) is 1.94. The molecule has 0 amide bonds. The number of nitrogens with two attached hydrogens (primary N) is 1. The van der Waals surface area contributed by atoms with Crippen LogP contribution in [0, 0.1) is 17.2 Å². The predicted octanol–water partition coefficient (Wildman–Crippen LogP) is -0.228. The quantitative estimate of drug-likeness (QED) is 0.696. The van der Waals surface area contributed by atoms with Gasteiger partial charge in [-0.1, -0.05) is 6.92 Å². The molecule has 8 nitrogen and oxygen atoms in total. The molecule has 4 unspecified atom stereocenters. The van der Waals surface area contributed by atoms with Crippen LogP contribution in [0.2, 0.25) is 0 Å². The van der Waals surface area contributed by atoms with Gasteiger partial charge >= 0.3 is 0 Å². The van der Waals surface area contributed by atoms with Crippen LogP contribution in [0.5, 0.6) is 0 Å². The van der Waals surface area contributed by atoms with Gasteiger partial charge in [-0.3, -0.25) is 0 Å². The van der Waals surface area contributed by atoms with Crippen molar-refractivity contribution in [1.82, 2.24) is 14.5 Å². The first-order valence-corrected chi connectivity index (χ1v) is 6.54. The number of hydrogen-bond donors (Lipinski definition) is 3. The molecule has 110 valence electrons. The van der Waals surface area contributed by atoms with Crippen LogP contribution in [-0.2, 0) is 4.74 Å². The molecule has 21 heavy (non-hydrogen) atoms. The Kier molecular flexibility index (Phi) is 3.25. The Labute approximate surface area is 120 Å². The maximum atomic E-state index is 10.1. The smallest absolute Gasteiger partial charge is 0.148 e. The molecule has 0 spiro atoms. The highest BCUT2D eigenvalue weighted by Gasteiger charge is 2.42. The van der Waals surface area contributed by atoms with Crippen LogP contribution < -0.4 is 5.73 Å². The summed E-state index contributed by atoms with van der Waals surface area (Å²) in [5, 5.41) is 29.0. The van der Waals surface area contributed by atoms with Crippen molar-refractivity contribution in [2.45, 2.75) is 25.4 Å². The van der Waals surface area contributed by atoms with Gasteiger partial charge in [0, 0.05) is 12.1 Å².